The number of Topliss-reactive ketones (excluding diaryl/α,β-unsaturated/α-hetero) is 2. The Hall–Kier alpha value is -2.45. The first-order valence-corrected chi connectivity index (χ1v) is 9.64. The van der Waals surface area contributed by atoms with Crippen molar-refractivity contribution in [2.24, 2.45) is 5.92 Å². The van der Waals surface area contributed by atoms with E-state index in [0.717, 1.165) is 22.3 Å². The van der Waals surface area contributed by atoms with Crippen LogP contribution in [0.2, 0.25) is 0 Å². The molecule has 28 heavy (non-hydrogen) atoms. The zero-order valence-corrected chi connectivity index (χ0v) is 17.2. The number of ether oxygens (including phenoxy) is 1. The third-order valence-corrected chi connectivity index (χ3v) is 5.71. The predicted octanol–water partition coefficient (Wildman–Crippen LogP) is 2.90. The lowest BCUT2D eigenvalue weighted by molar-refractivity contribution is -0.147. The van der Waals surface area contributed by atoms with Crippen LogP contribution in [0.25, 0.3) is 0 Å². The summed E-state index contributed by atoms with van der Waals surface area (Å²) in [5.41, 5.74) is 3.02. The van der Waals surface area contributed by atoms with E-state index in [4.69, 9.17) is 4.74 Å². The summed E-state index contributed by atoms with van der Waals surface area (Å²) >= 11 is 0. The number of hydrogen-bond acceptors (Lipinski definition) is 4. The molecule has 1 heterocycles. The zero-order chi connectivity index (χ0) is 20.6. The largest absolute Gasteiger partial charge is 0.359 e. The van der Waals surface area contributed by atoms with Crippen molar-refractivity contribution in [1.29, 1.82) is 0 Å². The molecule has 0 N–H and O–H groups in total. The summed E-state index contributed by atoms with van der Waals surface area (Å²) in [5.74, 6) is 4.01. The molecule has 2 aliphatic rings. The number of hydrogen-bond donors (Lipinski definition) is 0. The fraction of sp³-hybridized carbons (Fsp3) is 0.522. The molecule has 0 aromatic heterocycles. The molecule has 1 saturated carbocycles. The van der Waals surface area contributed by atoms with Gasteiger partial charge >= 0.3 is 0 Å². The van der Waals surface area contributed by atoms with Crippen molar-refractivity contribution >= 4 is 17.5 Å². The van der Waals surface area contributed by atoms with Gasteiger partial charge in [-0.3, -0.25) is 14.4 Å². The van der Waals surface area contributed by atoms with Crippen LogP contribution in [0.4, 0.5) is 0 Å². The summed E-state index contributed by atoms with van der Waals surface area (Å²) in [6, 6.07) is 3.83. The van der Waals surface area contributed by atoms with E-state index in [-0.39, 0.29) is 37.0 Å². The van der Waals surface area contributed by atoms with Crippen LogP contribution in [-0.2, 0) is 19.1 Å². The van der Waals surface area contributed by atoms with E-state index in [1.807, 2.05) is 39.8 Å². The molecule has 1 amide bonds. The molecule has 1 aromatic carbocycles. The molecule has 0 unspecified atom stereocenters. The Morgan fingerprint density at radius 1 is 1.14 bits per heavy atom. The zero-order valence-electron chi connectivity index (χ0n) is 17.2. The van der Waals surface area contributed by atoms with Crippen LogP contribution in [0, 0.1) is 31.6 Å². The molecule has 1 aromatic rings. The minimum Gasteiger partial charge on any atom is -0.359 e. The molecule has 3 rings (SSSR count). The Kier molecular flexibility index (Phi) is 5.45. The van der Waals surface area contributed by atoms with Crippen molar-refractivity contribution in [1.82, 2.24) is 4.90 Å². The minimum atomic E-state index is -0.782. The lowest BCUT2D eigenvalue weighted by Gasteiger charge is -2.34. The van der Waals surface area contributed by atoms with Gasteiger partial charge in [-0.15, -0.1) is 5.92 Å². The molecule has 1 aliphatic heterocycles. The smallest absolute Gasteiger partial charge is 0.228 e. The van der Waals surface area contributed by atoms with Gasteiger partial charge in [-0.2, -0.15) is 0 Å². The topological polar surface area (TPSA) is 63.7 Å². The van der Waals surface area contributed by atoms with Gasteiger partial charge in [0.15, 0.2) is 0 Å². The highest BCUT2D eigenvalue weighted by molar-refractivity contribution is 6.12. The lowest BCUT2D eigenvalue weighted by atomic mass is 9.73. The SMILES string of the molecule is CC#Cc1cc(C)c(C2C(=O)CC(C(=O)N3COCC3(C)C)CC2=O)c(C)c1. The van der Waals surface area contributed by atoms with Crippen LogP contribution in [0.3, 0.4) is 0 Å². The Labute approximate surface area is 166 Å². The first kappa shape index (κ1) is 20.3. The number of carbonyl (C=O) groups is 3. The highest BCUT2D eigenvalue weighted by Crippen LogP contribution is 2.36. The predicted molar refractivity (Wildman–Crippen MR) is 106 cm³/mol. The van der Waals surface area contributed by atoms with Crippen molar-refractivity contribution in [2.45, 2.75) is 58.9 Å². The van der Waals surface area contributed by atoms with Crippen molar-refractivity contribution in [3.63, 3.8) is 0 Å². The number of amides is 1. The van der Waals surface area contributed by atoms with E-state index >= 15 is 0 Å². The molecule has 0 bridgehead atoms. The summed E-state index contributed by atoms with van der Waals surface area (Å²) in [5, 5.41) is 0. The van der Waals surface area contributed by atoms with Gasteiger partial charge in [-0.25, -0.2) is 0 Å². The van der Waals surface area contributed by atoms with Crippen molar-refractivity contribution < 1.29 is 19.1 Å². The first-order valence-electron chi connectivity index (χ1n) is 9.64. The highest BCUT2D eigenvalue weighted by Gasteiger charge is 2.45. The van der Waals surface area contributed by atoms with Crippen LogP contribution < -0.4 is 0 Å². The second kappa shape index (κ2) is 7.52. The number of rotatable bonds is 2. The maximum absolute atomic E-state index is 13.0. The second-order valence-electron chi connectivity index (χ2n) is 8.43. The van der Waals surface area contributed by atoms with Crippen LogP contribution in [-0.4, -0.2) is 41.3 Å². The van der Waals surface area contributed by atoms with Crippen molar-refractivity contribution in [2.75, 3.05) is 13.3 Å². The van der Waals surface area contributed by atoms with Gasteiger partial charge in [0.1, 0.15) is 24.2 Å². The first-order chi connectivity index (χ1) is 13.2. The molecule has 1 aliphatic carbocycles. The van der Waals surface area contributed by atoms with Gasteiger partial charge in [0.05, 0.1) is 18.1 Å². The normalized spacial score (nSPS) is 24.1. The Bertz CT molecular complexity index is 862. The number of aryl methyl sites for hydroxylation is 2. The standard InChI is InChI=1S/C23H27NO4/c1-6-7-16-8-14(2)20(15(3)9-16)21-18(25)10-17(11-19(21)26)22(27)24-13-28-12-23(24,4)5/h8-9,17,21H,10-13H2,1-5H3. The summed E-state index contributed by atoms with van der Waals surface area (Å²) in [4.78, 5) is 40.5. The average molecular weight is 381 g/mol. The van der Waals surface area contributed by atoms with E-state index in [1.165, 1.54) is 0 Å². The third kappa shape index (κ3) is 3.62. The Balaban J connectivity index is 1.85. The van der Waals surface area contributed by atoms with E-state index < -0.39 is 17.4 Å². The molecule has 1 saturated heterocycles. The van der Waals surface area contributed by atoms with E-state index in [9.17, 15) is 14.4 Å². The summed E-state index contributed by atoms with van der Waals surface area (Å²) in [7, 11) is 0. The van der Waals surface area contributed by atoms with Gasteiger partial charge in [-0.1, -0.05) is 5.92 Å². The van der Waals surface area contributed by atoms with E-state index in [1.54, 1.807) is 11.8 Å². The van der Waals surface area contributed by atoms with Gasteiger partial charge in [0, 0.05) is 18.4 Å². The number of carbonyl (C=O) groups excluding carboxylic acids is 3. The Morgan fingerprint density at radius 2 is 1.71 bits per heavy atom. The van der Waals surface area contributed by atoms with Crippen molar-refractivity contribution in [3.05, 3.63) is 34.4 Å². The van der Waals surface area contributed by atoms with Crippen LogP contribution in [0.1, 0.15) is 61.8 Å². The molecule has 0 radical (unpaired) electrons. The van der Waals surface area contributed by atoms with Gasteiger partial charge in [0.2, 0.25) is 5.91 Å². The Morgan fingerprint density at radius 3 is 2.18 bits per heavy atom. The average Bonchev–Trinajstić information content (AvgIpc) is 2.95. The summed E-state index contributed by atoms with van der Waals surface area (Å²) in [6.07, 6.45) is 0.189. The van der Waals surface area contributed by atoms with Gasteiger partial charge in [0.25, 0.3) is 0 Å². The number of benzene rings is 1. The fourth-order valence-corrected chi connectivity index (χ4v) is 4.34. The van der Waals surface area contributed by atoms with E-state index in [2.05, 4.69) is 11.8 Å². The molecule has 0 spiro atoms. The van der Waals surface area contributed by atoms with Gasteiger partial charge in [-0.05, 0) is 63.4 Å². The lowest BCUT2D eigenvalue weighted by Crippen LogP contribution is -2.49. The monoisotopic (exact) mass is 381 g/mol. The van der Waals surface area contributed by atoms with Crippen LogP contribution in [0.15, 0.2) is 12.1 Å². The molecule has 5 heteroatoms. The minimum absolute atomic E-state index is 0.0945. The van der Waals surface area contributed by atoms with E-state index in [0.29, 0.717) is 6.61 Å². The molecule has 148 valence electrons. The molecular formula is C23H27NO4. The third-order valence-electron chi connectivity index (χ3n) is 5.71. The maximum Gasteiger partial charge on any atom is 0.228 e. The van der Waals surface area contributed by atoms with Crippen molar-refractivity contribution in [3.8, 4) is 11.8 Å². The van der Waals surface area contributed by atoms with Crippen LogP contribution in [0.5, 0.6) is 0 Å². The highest BCUT2D eigenvalue weighted by atomic mass is 16.5. The summed E-state index contributed by atoms with van der Waals surface area (Å²) in [6.45, 7) is 10.1. The number of nitrogens with zero attached hydrogens (tertiary/aromatic N) is 1. The molecule has 0 atom stereocenters. The molecule has 2 fully saturated rings. The summed E-state index contributed by atoms with van der Waals surface area (Å²) < 4.78 is 5.42. The second-order valence-corrected chi connectivity index (χ2v) is 8.43. The maximum atomic E-state index is 13.0. The fourth-order valence-electron chi connectivity index (χ4n) is 4.34. The molecule has 5 nitrogen and oxygen atoms in total. The molecular weight excluding hydrogens is 354 g/mol. The quantitative estimate of drug-likeness (QED) is 0.584. The van der Waals surface area contributed by atoms with Gasteiger partial charge < -0.3 is 9.64 Å². The number of ketones is 2. The van der Waals surface area contributed by atoms with Crippen LogP contribution >= 0.6 is 0 Å².